The zero-order valence-corrected chi connectivity index (χ0v) is 10.6. The number of aliphatic carboxylic acids is 1. The van der Waals surface area contributed by atoms with Crippen LogP contribution in [0.2, 0.25) is 0 Å². The van der Waals surface area contributed by atoms with E-state index in [4.69, 9.17) is 0 Å². The Bertz CT molecular complexity index is 225. The Morgan fingerprint density at radius 2 is 2.27 bits per heavy atom. The highest BCUT2D eigenvalue weighted by Gasteiger charge is 2.45. The molecule has 1 aliphatic rings. The molecule has 4 heteroatoms. The molecule has 0 aliphatic carbocycles. The highest BCUT2D eigenvalue weighted by atomic mass is 32.2. The van der Waals surface area contributed by atoms with E-state index >= 15 is 0 Å². The van der Waals surface area contributed by atoms with Gasteiger partial charge in [0.25, 0.3) is 0 Å². The Morgan fingerprint density at radius 3 is 2.67 bits per heavy atom. The Balaban J connectivity index is 2.60. The number of carboxylic acid groups (broad SMARTS) is 1. The monoisotopic (exact) mass is 231 g/mol. The largest absolute Gasteiger partial charge is 0.480 e. The van der Waals surface area contributed by atoms with Crippen molar-refractivity contribution >= 4 is 17.7 Å². The summed E-state index contributed by atoms with van der Waals surface area (Å²) in [6, 6.07) is 0. The molecule has 0 saturated carbocycles. The van der Waals surface area contributed by atoms with E-state index in [9.17, 15) is 9.90 Å². The highest BCUT2D eigenvalue weighted by molar-refractivity contribution is 7.99. The van der Waals surface area contributed by atoms with Gasteiger partial charge >= 0.3 is 5.97 Å². The summed E-state index contributed by atoms with van der Waals surface area (Å²) in [5.41, 5.74) is -0.598. The maximum absolute atomic E-state index is 11.4. The lowest BCUT2D eigenvalue weighted by Crippen LogP contribution is -2.53. The van der Waals surface area contributed by atoms with Gasteiger partial charge in [0.2, 0.25) is 0 Å². The van der Waals surface area contributed by atoms with E-state index in [-0.39, 0.29) is 0 Å². The van der Waals surface area contributed by atoms with Crippen LogP contribution in [-0.4, -0.2) is 46.6 Å². The minimum Gasteiger partial charge on any atom is -0.480 e. The van der Waals surface area contributed by atoms with Gasteiger partial charge in [-0.3, -0.25) is 9.69 Å². The van der Waals surface area contributed by atoms with Crippen molar-refractivity contribution in [3.8, 4) is 0 Å². The molecule has 1 aliphatic heterocycles. The topological polar surface area (TPSA) is 40.5 Å². The van der Waals surface area contributed by atoms with Crippen LogP contribution in [0.4, 0.5) is 0 Å². The van der Waals surface area contributed by atoms with Gasteiger partial charge in [0.15, 0.2) is 0 Å². The van der Waals surface area contributed by atoms with Crippen LogP contribution in [0.25, 0.3) is 0 Å². The zero-order chi connectivity index (χ0) is 11.5. The molecule has 0 radical (unpaired) electrons. The number of carboxylic acids is 1. The van der Waals surface area contributed by atoms with Gasteiger partial charge in [0.1, 0.15) is 5.54 Å². The van der Waals surface area contributed by atoms with Gasteiger partial charge in [-0.1, -0.05) is 13.8 Å². The predicted molar refractivity (Wildman–Crippen MR) is 64.4 cm³/mol. The SMILES string of the molecule is CC(C)CCN(C)C1(C(=O)O)CCSC1. The van der Waals surface area contributed by atoms with Crippen LogP contribution in [0, 0.1) is 5.92 Å². The maximum Gasteiger partial charge on any atom is 0.325 e. The smallest absolute Gasteiger partial charge is 0.325 e. The van der Waals surface area contributed by atoms with Crippen LogP contribution in [-0.2, 0) is 4.79 Å². The fourth-order valence-corrected chi connectivity index (χ4v) is 3.31. The van der Waals surface area contributed by atoms with Crippen molar-refractivity contribution in [1.29, 1.82) is 0 Å². The normalized spacial score (nSPS) is 26.5. The number of carbonyl (C=O) groups is 1. The van der Waals surface area contributed by atoms with E-state index in [1.54, 1.807) is 11.8 Å². The van der Waals surface area contributed by atoms with E-state index in [0.29, 0.717) is 5.92 Å². The van der Waals surface area contributed by atoms with Crippen LogP contribution in [0.15, 0.2) is 0 Å². The minimum atomic E-state index is -0.654. The van der Waals surface area contributed by atoms with Crippen molar-refractivity contribution < 1.29 is 9.90 Å². The Kier molecular flexibility index (Phi) is 4.46. The van der Waals surface area contributed by atoms with E-state index in [0.717, 1.165) is 30.9 Å². The second kappa shape index (κ2) is 5.21. The lowest BCUT2D eigenvalue weighted by molar-refractivity contribution is -0.149. The molecule has 1 heterocycles. The second-order valence-corrected chi connectivity index (χ2v) is 5.85. The molecular formula is C11H21NO2S. The fourth-order valence-electron chi connectivity index (χ4n) is 1.85. The summed E-state index contributed by atoms with van der Waals surface area (Å²) in [7, 11) is 1.95. The summed E-state index contributed by atoms with van der Waals surface area (Å²) < 4.78 is 0. The van der Waals surface area contributed by atoms with Crippen LogP contribution < -0.4 is 0 Å². The van der Waals surface area contributed by atoms with Crippen molar-refractivity contribution in [2.75, 3.05) is 25.1 Å². The van der Waals surface area contributed by atoms with E-state index < -0.39 is 11.5 Å². The van der Waals surface area contributed by atoms with Crippen LogP contribution in [0.1, 0.15) is 26.7 Å². The van der Waals surface area contributed by atoms with Crippen LogP contribution >= 0.6 is 11.8 Å². The Morgan fingerprint density at radius 1 is 1.60 bits per heavy atom. The summed E-state index contributed by atoms with van der Waals surface area (Å²) >= 11 is 1.75. The lowest BCUT2D eigenvalue weighted by Gasteiger charge is -2.34. The molecule has 0 aromatic rings. The number of nitrogens with zero attached hydrogens (tertiary/aromatic N) is 1. The van der Waals surface area contributed by atoms with Gasteiger partial charge in [-0.2, -0.15) is 11.8 Å². The molecule has 0 aromatic heterocycles. The van der Waals surface area contributed by atoms with E-state index in [1.807, 2.05) is 11.9 Å². The average molecular weight is 231 g/mol. The number of hydrogen-bond acceptors (Lipinski definition) is 3. The van der Waals surface area contributed by atoms with Gasteiger partial charge in [-0.15, -0.1) is 0 Å². The molecule has 0 spiro atoms. The third kappa shape index (κ3) is 2.88. The van der Waals surface area contributed by atoms with Crippen LogP contribution in [0.5, 0.6) is 0 Å². The number of likely N-dealkylation sites (N-methyl/N-ethyl adjacent to an activating group) is 1. The van der Waals surface area contributed by atoms with Crippen molar-refractivity contribution in [3.63, 3.8) is 0 Å². The molecule has 1 atom stereocenters. The molecule has 0 bridgehead atoms. The molecule has 15 heavy (non-hydrogen) atoms. The molecule has 1 saturated heterocycles. The van der Waals surface area contributed by atoms with Gasteiger partial charge in [0.05, 0.1) is 0 Å². The molecule has 3 nitrogen and oxygen atoms in total. The first-order valence-electron chi connectivity index (χ1n) is 5.51. The standard InChI is InChI=1S/C11H21NO2S/c1-9(2)4-6-12(3)11(10(13)14)5-7-15-8-11/h9H,4-8H2,1-3H3,(H,13,14). The van der Waals surface area contributed by atoms with Crippen molar-refractivity contribution in [3.05, 3.63) is 0 Å². The van der Waals surface area contributed by atoms with E-state index in [2.05, 4.69) is 13.8 Å². The maximum atomic E-state index is 11.4. The molecule has 0 aromatic carbocycles. The first-order valence-corrected chi connectivity index (χ1v) is 6.67. The summed E-state index contributed by atoms with van der Waals surface area (Å²) in [5.74, 6) is 1.68. The minimum absolute atomic E-state index is 0.598. The third-order valence-corrected chi connectivity index (χ3v) is 4.35. The third-order valence-electron chi connectivity index (χ3n) is 3.17. The summed E-state index contributed by atoms with van der Waals surface area (Å²) in [6.07, 6.45) is 1.85. The number of rotatable bonds is 5. The molecule has 1 rings (SSSR count). The first kappa shape index (κ1) is 12.8. The fraction of sp³-hybridized carbons (Fsp3) is 0.909. The molecule has 1 unspecified atom stereocenters. The van der Waals surface area contributed by atoms with Crippen molar-refractivity contribution in [1.82, 2.24) is 4.90 Å². The predicted octanol–water partition coefficient (Wildman–Crippen LogP) is 1.92. The molecular weight excluding hydrogens is 210 g/mol. The molecule has 1 fully saturated rings. The molecule has 0 amide bonds. The van der Waals surface area contributed by atoms with Crippen molar-refractivity contribution in [2.24, 2.45) is 5.92 Å². The molecule has 88 valence electrons. The van der Waals surface area contributed by atoms with Gasteiger partial charge in [-0.25, -0.2) is 0 Å². The van der Waals surface area contributed by atoms with Gasteiger partial charge < -0.3 is 5.11 Å². The lowest BCUT2D eigenvalue weighted by atomic mass is 9.96. The van der Waals surface area contributed by atoms with Crippen molar-refractivity contribution in [2.45, 2.75) is 32.2 Å². The number of thioether (sulfide) groups is 1. The highest BCUT2D eigenvalue weighted by Crippen LogP contribution is 2.33. The Hall–Kier alpha value is -0.220. The zero-order valence-electron chi connectivity index (χ0n) is 9.82. The molecule has 1 N–H and O–H groups in total. The summed E-state index contributed by atoms with van der Waals surface area (Å²) in [6.45, 7) is 5.22. The van der Waals surface area contributed by atoms with Gasteiger partial charge in [0, 0.05) is 5.75 Å². The number of hydrogen-bond donors (Lipinski definition) is 1. The second-order valence-electron chi connectivity index (χ2n) is 4.74. The average Bonchev–Trinajstić information content (AvgIpc) is 2.63. The summed E-state index contributed by atoms with van der Waals surface area (Å²) in [5, 5.41) is 9.34. The summed E-state index contributed by atoms with van der Waals surface area (Å²) in [4.78, 5) is 13.4. The van der Waals surface area contributed by atoms with Gasteiger partial charge in [-0.05, 0) is 38.1 Å². The van der Waals surface area contributed by atoms with Crippen LogP contribution in [0.3, 0.4) is 0 Å². The quantitative estimate of drug-likeness (QED) is 0.785. The first-order chi connectivity index (χ1) is 6.99. The Labute approximate surface area is 96.2 Å². The van der Waals surface area contributed by atoms with E-state index in [1.165, 1.54) is 0 Å².